The smallest absolute Gasteiger partial charge is 0.234 e. The molecule has 1 amide bonds. The van der Waals surface area contributed by atoms with Crippen molar-refractivity contribution in [1.82, 2.24) is 15.1 Å². The summed E-state index contributed by atoms with van der Waals surface area (Å²) in [6.45, 7) is 9.25. The normalized spacial score (nSPS) is 28.1. The van der Waals surface area contributed by atoms with Gasteiger partial charge in [0.1, 0.15) is 0 Å². The van der Waals surface area contributed by atoms with E-state index >= 15 is 0 Å². The van der Waals surface area contributed by atoms with Crippen LogP contribution in [0.5, 0.6) is 0 Å². The number of morpholine rings is 1. The summed E-state index contributed by atoms with van der Waals surface area (Å²) in [5.41, 5.74) is 0. The van der Waals surface area contributed by atoms with Crippen molar-refractivity contribution in [2.24, 2.45) is 5.92 Å². The van der Waals surface area contributed by atoms with E-state index in [2.05, 4.69) is 15.1 Å². The Kier molecular flexibility index (Phi) is 6.68. The summed E-state index contributed by atoms with van der Waals surface area (Å²) >= 11 is 0. The molecule has 23 heavy (non-hydrogen) atoms. The van der Waals surface area contributed by atoms with Crippen LogP contribution in [0, 0.1) is 5.92 Å². The molecule has 0 bridgehead atoms. The van der Waals surface area contributed by atoms with Crippen molar-refractivity contribution in [2.45, 2.75) is 31.8 Å². The summed E-state index contributed by atoms with van der Waals surface area (Å²) in [7, 11) is 0. The molecule has 3 saturated heterocycles. The molecule has 1 unspecified atom stereocenters. The number of rotatable bonds is 6. The first-order valence-corrected chi connectivity index (χ1v) is 9.20. The molecular formula is C17H31N3O3. The van der Waals surface area contributed by atoms with Gasteiger partial charge in [0.25, 0.3) is 0 Å². The van der Waals surface area contributed by atoms with E-state index in [4.69, 9.17) is 9.47 Å². The molecule has 1 atom stereocenters. The van der Waals surface area contributed by atoms with Crippen LogP contribution in [0.25, 0.3) is 0 Å². The van der Waals surface area contributed by atoms with Crippen molar-refractivity contribution >= 4 is 5.91 Å². The van der Waals surface area contributed by atoms with Crippen LogP contribution in [-0.4, -0.2) is 87.4 Å². The third-order valence-corrected chi connectivity index (χ3v) is 5.25. The number of hydrogen-bond acceptors (Lipinski definition) is 5. The van der Waals surface area contributed by atoms with Gasteiger partial charge in [-0.1, -0.05) is 0 Å². The summed E-state index contributed by atoms with van der Waals surface area (Å²) < 4.78 is 10.9. The highest BCUT2D eigenvalue weighted by Gasteiger charge is 2.24. The van der Waals surface area contributed by atoms with Crippen LogP contribution < -0.4 is 5.32 Å². The summed E-state index contributed by atoms with van der Waals surface area (Å²) in [6.07, 6.45) is 4.84. The third kappa shape index (κ3) is 5.71. The van der Waals surface area contributed by atoms with Gasteiger partial charge in [-0.25, -0.2) is 0 Å². The minimum Gasteiger partial charge on any atom is -0.379 e. The number of carbonyl (C=O) groups excluding carboxylic acids is 1. The first kappa shape index (κ1) is 17.1. The lowest BCUT2D eigenvalue weighted by Crippen LogP contribution is -2.45. The van der Waals surface area contributed by atoms with E-state index in [0.29, 0.717) is 13.1 Å². The SMILES string of the molecule is O=C(CN1CCC(CN2CCOCC2)CC1)NCC1CCCO1. The molecule has 0 saturated carbocycles. The summed E-state index contributed by atoms with van der Waals surface area (Å²) in [6, 6.07) is 0. The van der Waals surface area contributed by atoms with Crippen LogP contribution in [0.3, 0.4) is 0 Å². The number of amides is 1. The van der Waals surface area contributed by atoms with Crippen LogP contribution in [0.15, 0.2) is 0 Å². The van der Waals surface area contributed by atoms with Crippen LogP contribution >= 0.6 is 0 Å². The highest BCUT2D eigenvalue weighted by atomic mass is 16.5. The van der Waals surface area contributed by atoms with Crippen LogP contribution in [0.4, 0.5) is 0 Å². The lowest BCUT2D eigenvalue weighted by atomic mass is 9.96. The number of carbonyl (C=O) groups is 1. The van der Waals surface area contributed by atoms with Gasteiger partial charge < -0.3 is 14.8 Å². The molecule has 3 aliphatic heterocycles. The van der Waals surface area contributed by atoms with Gasteiger partial charge in [0.2, 0.25) is 5.91 Å². The van der Waals surface area contributed by atoms with Gasteiger partial charge in [-0.2, -0.15) is 0 Å². The van der Waals surface area contributed by atoms with Crippen molar-refractivity contribution in [1.29, 1.82) is 0 Å². The maximum Gasteiger partial charge on any atom is 0.234 e. The summed E-state index contributed by atoms with van der Waals surface area (Å²) in [5.74, 6) is 0.923. The average molecular weight is 325 g/mol. The molecule has 132 valence electrons. The Morgan fingerprint density at radius 1 is 1.00 bits per heavy atom. The zero-order chi connectivity index (χ0) is 15.9. The van der Waals surface area contributed by atoms with Crippen molar-refractivity contribution in [3.63, 3.8) is 0 Å². The fraction of sp³-hybridized carbons (Fsp3) is 0.941. The second kappa shape index (κ2) is 8.97. The molecule has 6 nitrogen and oxygen atoms in total. The van der Waals surface area contributed by atoms with Gasteiger partial charge >= 0.3 is 0 Å². The molecule has 0 aromatic carbocycles. The zero-order valence-electron chi connectivity index (χ0n) is 14.2. The largest absolute Gasteiger partial charge is 0.379 e. The fourth-order valence-corrected chi connectivity index (χ4v) is 3.77. The second-order valence-electron chi connectivity index (χ2n) is 7.07. The van der Waals surface area contributed by atoms with E-state index in [1.165, 1.54) is 19.4 Å². The molecule has 3 aliphatic rings. The van der Waals surface area contributed by atoms with Crippen LogP contribution in [0.1, 0.15) is 25.7 Å². The highest BCUT2D eigenvalue weighted by Crippen LogP contribution is 2.18. The van der Waals surface area contributed by atoms with Crippen LogP contribution in [-0.2, 0) is 14.3 Å². The Balaban J connectivity index is 1.28. The maximum absolute atomic E-state index is 12.0. The first-order chi connectivity index (χ1) is 11.3. The quantitative estimate of drug-likeness (QED) is 0.762. The number of piperidine rings is 1. The monoisotopic (exact) mass is 325 g/mol. The van der Waals surface area contributed by atoms with Crippen LogP contribution in [0.2, 0.25) is 0 Å². The van der Waals surface area contributed by atoms with Gasteiger partial charge in [0.05, 0.1) is 25.9 Å². The standard InChI is InChI=1S/C17H31N3O3/c21-17(18-12-16-2-1-9-23-16)14-19-5-3-15(4-6-19)13-20-7-10-22-11-8-20/h15-16H,1-14H2,(H,18,21). The molecule has 1 N–H and O–H groups in total. The van der Waals surface area contributed by atoms with Crippen molar-refractivity contribution in [3.8, 4) is 0 Å². The molecule has 3 heterocycles. The Morgan fingerprint density at radius 3 is 2.48 bits per heavy atom. The number of hydrogen-bond donors (Lipinski definition) is 1. The van der Waals surface area contributed by atoms with E-state index in [1.54, 1.807) is 0 Å². The van der Waals surface area contributed by atoms with Gasteiger partial charge in [-0.15, -0.1) is 0 Å². The minimum atomic E-state index is 0.145. The predicted octanol–water partition coefficient (Wildman–Crippen LogP) is 0.326. The maximum atomic E-state index is 12.0. The summed E-state index contributed by atoms with van der Waals surface area (Å²) in [5, 5.41) is 3.02. The molecule has 3 fully saturated rings. The molecule has 6 heteroatoms. The Morgan fingerprint density at radius 2 is 1.78 bits per heavy atom. The van der Waals surface area contributed by atoms with Gasteiger partial charge in [-0.3, -0.25) is 14.6 Å². The van der Waals surface area contributed by atoms with Gasteiger partial charge in [0, 0.05) is 32.8 Å². The Bertz CT molecular complexity index is 360. The van der Waals surface area contributed by atoms with E-state index in [-0.39, 0.29) is 12.0 Å². The number of nitrogens with one attached hydrogen (secondary N) is 1. The topological polar surface area (TPSA) is 54.0 Å². The van der Waals surface area contributed by atoms with Crippen molar-refractivity contribution < 1.29 is 14.3 Å². The lowest BCUT2D eigenvalue weighted by Gasteiger charge is -2.35. The Labute approximate surface area is 139 Å². The number of nitrogens with zero attached hydrogens (tertiary/aromatic N) is 2. The summed E-state index contributed by atoms with van der Waals surface area (Å²) in [4.78, 5) is 16.9. The lowest BCUT2D eigenvalue weighted by molar-refractivity contribution is -0.123. The first-order valence-electron chi connectivity index (χ1n) is 9.20. The predicted molar refractivity (Wildman–Crippen MR) is 88.4 cm³/mol. The number of likely N-dealkylation sites (tertiary alicyclic amines) is 1. The molecule has 0 spiro atoms. The van der Waals surface area contributed by atoms with Crippen molar-refractivity contribution in [3.05, 3.63) is 0 Å². The molecule has 3 rings (SSSR count). The van der Waals surface area contributed by atoms with E-state index < -0.39 is 0 Å². The third-order valence-electron chi connectivity index (χ3n) is 5.25. The van der Waals surface area contributed by atoms with Gasteiger partial charge in [-0.05, 0) is 44.7 Å². The Hall–Kier alpha value is -0.690. The average Bonchev–Trinajstić information content (AvgIpc) is 3.09. The molecular weight excluding hydrogens is 294 g/mol. The highest BCUT2D eigenvalue weighted by molar-refractivity contribution is 5.78. The van der Waals surface area contributed by atoms with E-state index in [0.717, 1.165) is 64.8 Å². The van der Waals surface area contributed by atoms with Gasteiger partial charge in [0.15, 0.2) is 0 Å². The van der Waals surface area contributed by atoms with E-state index in [9.17, 15) is 4.79 Å². The van der Waals surface area contributed by atoms with Crippen molar-refractivity contribution in [2.75, 3.05) is 65.6 Å². The molecule has 0 aromatic rings. The minimum absolute atomic E-state index is 0.145. The zero-order valence-corrected chi connectivity index (χ0v) is 14.2. The molecule has 0 radical (unpaired) electrons. The second-order valence-corrected chi connectivity index (χ2v) is 7.07. The number of ether oxygens (including phenoxy) is 2. The molecule has 0 aliphatic carbocycles. The van der Waals surface area contributed by atoms with E-state index in [1.807, 2.05) is 0 Å². The molecule has 0 aromatic heterocycles. The fourth-order valence-electron chi connectivity index (χ4n) is 3.77.